The summed E-state index contributed by atoms with van der Waals surface area (Å²) in [5, 5.41) is 4.60. The summed E-state index contributed by atoms with van der Waals surface area (Å²) >= 11 is 0. The van der Waals surface area contributed by atoms with E-state index < -0.39 is 0 Å². The van der Waals surface area contributed by atoms with Crippen molar-refractivity contribution in [3.8, 4) is 11.3 Å². The van der Waals surface area contributed by atoms with Crippen LogP contribution in [0.3, 0.4) is 0 Å². The molecule has 1 fully saturated rings. The molecule has 0 aromatic carbocycles. The minimum Gasteiger partial charge on any atom is -0.383 e. The van der Waals surface area contributed by atoms with Crippen molar-refractivity contribution in [2.24, 2.45) is 13.0 Å². The van der Waals surface area contributed by atoms with Crippen molar-refractivity contribution in [2.75, 3.05) is 5.73 Å². The summed E-state index contributed by atoms with van der Waals surface area (Å²) in [6, 6.07) is 5.92. The Hall–Kier alpha value is -1.84. The number of anilines is 1. The molecule has 0 bridgehead atoms. The Bertz CT molecular complexity index is 553. The zero-order valence-corrected chi connectivity index (χ0v) is 11.3. The van der Waals surface area contributed by atoms with E-state index in [1.807, 2.05) is 25.2 Å². The Morgan fingerprint density at radius 2 is 2.11 bits per heavy atom. The Balaban J connectivity index is 1.97. The minimum absolute atomic E-state index is 0.715. The van der Waals surface area contributed by atoms with Gasteiger partial charge in [0, 0.05) is 13.2 Å². The second-order valence-electron chi connectivity index (χ2n) is 5.40. The molecule has 1 saturated carbocycles. The van der Waals surface area contributed by atoms with Crippen molar-refractivity contribution >= 4 is 5.82 Å². The lowest BCUT2D eigenvalue weighted by atomic mass is 9.98. The predicted octanol–water partition coefficient (Wildman–Crippen LogP) is 2.80. The van der Waals surface area contributed by atoms with Gasteiger partial charge >= 0.3 is 0 Å². The van der Waals surface area contributed by atoms with E-state index in [4.69, 9.17) is 5.73 Å². The number of rotatable bonds is 3. The topological polar surface area (TPSA) is 56.7 Å². The molecule has 100 valence electrons. The zero-order valence-electron chi connectivity index (χ0n) is 11.3. The molecule has 0 atom stereocenters. The molecule has 0 unspecified atom stereocenters. The monoisotopic (exact) mass is 256 g/mol. The maximum atomic E-state index is 6.17. The highest BCUT2D eigenvalue weighted by Gasteiger charge is 2.22. The third kappa shape index (κ3) is 2.35. The Kier molecular flexibility index (Phi) is 3.23. The van der Waals surface area contributed by atoms with Crippen LogP contribution in [0.2, 0.25) is 0 Å². The fourth-order valence-electron chi connectivity index (χ4n) is 3.02. The predicted molar refractivity (Wildman–Crippen MR) is 76.5 cm³/mol. The summed E-state index contributed by atoms with van der Waals surface area (Å²) in [4.78, 5) is 4.43. The van der Waals surface area contributed by atoms with Crippen LogP contribution >= 0.6 is 0 Å². The highest BCUT2D eigenvalue weighted by molar-refractivity contribution is 5.73. The highest BCUT2D eigenvalue weighted by atomic mass is 15.3. The molecule has 2 heterocycles. The van der Waals surface area contributed by atoms with E-state index in [1.54, 1.807) is 10.9 Å². The lowest BCUT2D eigenvalue weighted by molar-refractivity contribution is 0.534. The van der Waals surface area contributed by atoms with Crippen LogP contribution in [-0.2, 0) is 13.5 Å². The number of aromatic nitrogens is 3. The summed E-state index contributed by atoms with van der Waals surface area (Å²) in [6.45, 7) is 0. The summed E-state index contributed by atoms with van der Waals surface area (Å²) < 4.78 is 1.77. The van der Waals surface area contributed by atoms with Crippen molar-refractivity contribution in [3.05, 3.63) is 30.1 Å². The molecule has 0 saturated heterocycles. The Morgan fingerprint density at radius 1 is 1.32 bits per heavy atom. The fourth-order valence-corrected chi connectivity index (χ4v) is 3.02. The molecule has 2 aromatic rings. The maximum absolute atomic E-state index is 6.17. The van der Waals surface area contributed by atoms with Gasteiger partial charge in [0.1, 0.15) is 5.82 Å². The molecule has 19 heavy (non-hydrogen) atoms. The van der Waals surface area contributed by atoms with Crippen LogP contribution < -0.4 is 5.73 Å². The molecule has 0 amide bonds. The summed E-state index contributed by atoms with van der Waals surface area (Å²) in [7, 11) is 1.90. The fraction of sp³-hybridized carbons (Fsp3) is 0.467. The van der Waals surface area contributed by atoms with Crippen LogP contribution in [-0.4, -0.2) is 14.8 Å². The van der Waals surface area contributed by atoms with Gasteiger partial charge in [-0.3, -0.25) is 9.67 Å². The van der Waals surface area contributed by atoms with Gasteiger partial charge in [-0.05, 0) is 24.5 Å². The van der Waals surface area contributed by atoms with Crippen LogP contribution in [0, 0.1) is 5.92 Å². The molecule has 1 aliphatic rings. The smallest absolute Gasteiger partial charge is 0.131 e. The molecule has 4 heteroatoms. The lowest BCUT2D eigenvalue weighted by Crippen LogP contribution is -2.01. The number of aryl methyl sites for hydroxylation is 1. The molecule has 3 rings (SSSR count). The second kappa shape index (κ2) is 5.03. The average Bonchev–Trinajstić information content (AvgIpc) is 3.01. The van der Waals surface area contributed by atoms with Gasteiger partial charge in [0.05, 0.1) is 17.0 Å². The molecular formula is C15H20N4. The Labute approximate surface area is 113 Å². The van der Waals surface area contributed by atoms with Gasteiger partial charge in [0.2, 0.25) is 0 Å². The SMILES string of the molecule is Cn1nc(CC2CCCC2)c(-c2ccccn2)c1N. The van der Waals surface area contributed by atoms with Crippen molar-refractivity contribution in [1.29, 1.82) is 0 Å². The molecule has 0 radical (unpaired) electrons. The van der Waals surface area contributed by atoms with Crippen molar-refractivity contribution in [2.45, 2.75) is 32.1 Å². The summed E-state index contributed by atoms with van der Waals surface area (Å²) in [6.07, 6.45) is 8.17. The molecule has 0 aliphatic heterocycles. The van der Waals surface area contributed by atoms with E-state index in [9.17, 15) is 0 Å². The van der Waals surface area contributed by atoms with Gasteiger partial charge in [-0.2, -0.15) is 5.10 Å². The number of nitrogen functional groups attached to an aromatic ring is 1. The second-order valence-corrected chi connectivity index (χ2v) is 5.40. The van der Waals surface area contributed by atoms with Crippen LogP contribution in [0.4, 0.5) is 5.82 Å². The lowest BCUT2D eigenvalue weighted by Gasteiger charge is -2.08. The summed E-state index contributed by atoms with van der Waals surface area (Å²) in [5.74, 6) is 1.48. The minimum atomic E-state index is 0.715. The molecule has 2 aromatic heterocycles. The van der Waals surface area contributed by atoms with E-state index >= 15 is 0 Å². The number of nitrogens with two attached hydrogens (primary N) is 1. The normalized spacial score (nSPS) is 16.1. The first-order chi connectivity index (χ1) is 9.25. The van der Waals surface area contributed by atoms with Crippen LogP contribution in [0.25, 0.3) is 11.3 Å². The van der Waals surface area contributed by atoms with Crippen molar-refractivity contribution < 1.29 is 0 Å². The summed E-state index contributed by atoms with van der Waals surface area (Å²) in [5.41, 5.74) is 9.23. The zero-order chi connectivity index (χ0) is 13.2. The molecule has 0 spiro atoms. The van der Waals surface area contributed by atoms with Crippen LogP contribution in [0.15, 0.2) is 24.4 Å². The number of pyridine rings is 1. The van der Waals surface area contributed by atoms with E-state index in [1.165, 1.54) is 25.7 Å². The van der Waals surface area contributed by atoms with E-state index in [2.05, 4.69) is 10.1 Å². The van der Waals surface area contributed by atoms with Crippen molar-refractivity contribution in [1.82, 2.24) is 14.8 Å². The molecular weight excluding hydrogens is 236 g/mol. The third-order valence-electron chi connectivity index (χ3n) is 4.04. The van der Waals surface area contributed by atoms with E-state index in [-0.39, 0.29) is 0 Å². The maximum Gasteiger partial charge on any atom is 0.131 e. The Morgan fingerprint density at radius 3 is 2.79 bits per heavy atom. The standard InChI is InChI=1S/C15H20N4/c1-19-15(16)14(12-8-4-5-9-17-12)13(18-19)10-11-6-2-3-7-11/h4-5,8-9,11H,2-3,6-7,10,16H2,1H3. The first-order valence-electron chi connectivity index (χ1n) is 6.98. The van der Waals surface area contributed by atoms with E-state index in [0.29, 0.717) is 5.82 Å². The third-order valence-corrected chi connectivity index (χ3v) is 4.04. The first-order valence-corrected chi connectivity index (χ1v) is 6.98. The average molecular weight is 256 g/mol. The van der Waals surface area contributed by atoms with Gasteiger partial charge in [-0.25, -0.2) is 0 Å². The molecule has 4 nitrogen and oxygen atoms in total. The van der Waals surface area contributed by atoms with Crippen molar-refractivity contribution in [3.63, 3.8) is 0 Å². The quantitative estimate of drug-likeness (QED) is 0.918. The van der Waals surface area contributed by atoms with Gasteiger partial charge in [0.15, 0.2) is 0 Å². The number of hydrogen-bond donors (Lipinski definition) is 1. The van der Waals surface area contributed by atoms with Crippen LogP contribution in [0.1, 0.15) is 31.4 Å². The highest BCUT2D eigenvalue weighted by Crippen LogP contribution is 2.33. The van der Waals surface area contributed by atoms with Crippen LogP contribution in [0.5, 0.6) is 0 Å². The molecule has 1 aliphatic carbocycles. The first kappa shape index (κ1) is 12.2. The largest absolute Gasteiger partial charge is 0.383 e. The van der Waals surface area contributed by atoms with Gasteiger partial charge in [-0.15, -0.1) is 0 Å². The molecule has 2 N–H and O–H groups in total. The van der Waals surface area contributed by atoms with Gasteiger partial charge in [0.25, 0.3) is 0 Å². The van der Waals surface area contributed by atoms with Gasteiger partial charge in [-0.1, -0.05) is 31.7 Å². The van der Waals surface area contributed by atoms with E-state index in [0.717, 1.165) is 29.3 Å². The van der Waals surface area contributed by atoms with Gasteiger partial charge < -0.3 is 5.73 Å². The number of hydrogen-bond acceptors (Lipinski definition) is 3. The number of nitrogens with zero attached hydrogens (tertiary/aromatic N) is 3.